The van der Waals surface area contributed by atoms with Crippen molar-refractivity contribution >= 4 is 5.91 Å². The first-order chi connectivity index (χ1) is 9.19. The second-order valence-corrected chi connectivity index (χ2v) is 4.89. The number of benzene rings is 1. The Labute approximate surface area is 113 Å². The quantitative estimate of drug-likeness (QED) is 0.895. The van der Waals surface area contributed by atoms with Gasteiger partial charge in [-0.1, -0.05) is 12.1 Å². The average molecular weight is 258 g/mol. The highest BCUT2D eigenvalue weighted by molar-refractivity contribution is 5.78. The first kappa shape index (κ1) is 13.6. The van der Waals surface area contributed by atoms with E-state index in [0.717, 1.165) is 25.0 Å². The van der Waals surface area contributed by atoms with Crippen LogP contribution >= 0.6 is 0 Å². The molecule has 0 aromatic heterocycles. The van der Waals surface area contributed by atoms with Crippen molar-refractivity contribution in [3.63, 3.8) is 0 Å². The van der Waals surface area contributed by atoms with E-state index in [1.165, 1.54) is 0 Å². The fraction of sp³-hybridized carbons (Fsp3) is 0.467. The minimum atomic E-state index is -0.00675. The first-order valence-corrected chi connectivity index (χ1v) is 6.59. The van der Waals surface area contributed by atoms with Gasteiger partial charge in [-0.2, -0.15) is 5.26 Å². The molecule has 4 heteroatoms. The Balaban J connectivity index is 1.84. The summed E-state index contributed by atoms with van der Waals surface area (Å²) >= 11 is 0. The molecule has 1 aromatic carbocycles. The summed E-state index contributed by atoms with van der Waals surface area (Å²) < 4.78 is 5.55. The summed E-state index contributed by atoms with van der Waals surface area (Å²) in [6, 6.07) is 9.19. The predicted octanol–water partition coefficient (Wildman–Crippen LogP) is 1.78. The number of rotatable bonds is 4. The molecule has 1 amide bonds. The van der Waals surface area contributed by atoms with Crippen molar-refractivity contribution in [3.8, 4) is 6.07 Å². The van der Waals surface area contributed by atoms with Gasteiger partial charge < -0.3 is 10.1 Å². The zero-order valence-corrected chi connectivity index (χ0v) is 11.1. The second kappa shape index (κ2) is 6.35. The first-order valence-electron chi connectivity index (χ1n) is 6.59. The van der Waals surface area contributed by atoms with E-state index < -0.39 is 0 Å². The van der Waals surface area contributed by atoms with E-state index in [2.05, 4.69) is 11.4 Å². The smallest absolute Gasteiger partial charge is 0.224 e. The van der Waals surface area contributed by atoms with Crippen LogP contribution in [0.3, 0.4) is 0 Å². The molecule has 1 aromatic rings. The fourth-order valence-electron chi connectivity index (χ4n) is 2.28. The zero-order chi connectivity index (χ0) is 13.7. The molecule has 2 unspecified atom stereocenters. The Morgan fingerprint density at radius 3 is 2.84 bits per heavy atom. The van der Waals surface area contributed by atoms with Gasteiger partial charge in [-0.25, -0.2) is 0 Å². The van der Waals surface area contributed by atoms with Gasteiger partial charge >= 0.3 is 0 Å². The van der Waals surface area contributed by atoms with Gasteiger partial charge in [0.2, 0.25) is 5.91 Å². The van der Waals surface area contributed by atoms with Gasteiger partial charge in [0.05, 0.1) is 30.2 Å². The Kier molecular flexibility index (Phi) is 4.53. The van der Waals surface area contributed by atoms with E-state index in [1.807, 2.05) is 19.1 Å². The number of hydrogen-bond acceptors (Lipinski definition) is 3. The number of ether oxygens (including phenoxy) is 1. The average Bonchev–Trinajstić information content (AvgIpc) is 2.93. The topological polar surface area (TPSA) is 62.1 Å². The van der Waals surface area contributed by atoms with Crippen LogP contribution in [-0.2, 0) is 16.0 Å². The molecule has 0 radical (unpaired) electrons. The van der Waals surface area contributed by atoms with Crippen LogP contribution in [0.15, 0.2) is 24.3 Å². The van der Waals surface area contributed by atoms with Gasteiger partial charge in [0, 0.05) is 6.61 Å². The fourth-order valence-corrected chi connectivity index (χ4v) is 2.28. The number of nitriles is 1. The zero-order valence-electron chi connectivity index (χ0n) is 11.1. The molecule has 1 aliphatic rings. The lowest BCUT2D eigenvalue weighted by Crippen LogP contribution is -2.41. The van der Waals surface area contributed by atoms with E-state index in [9.17, 15) is 4.79 Å². The van der Waals surface area contributed by atoms with Crippen molar-refractivity contribution in [2.45, 2.75) is 38.3 Å². The van der Waals surface area contributed by atoms with Crippen LogP contribution in [0.5, 0.6) is 0 Å². The van der Waals surface area contributed by atoms with Crippen LogP contribution in [0.4, 0.5) is 0 Å². The van der Waals surface area contributed by atoms with E-state index in [1.54, 1.807) is 12.1 Å². The van der Waals surface area contributed by atoms with Crippen LogP contribution in [0.1, 0.15) is 30.9 Å². The van der Waals surface area contributed by atoms with Crippen LogP contribution < -0.4 is 5.32 Å². The van der Waals surface area contributed by atoms with E-state index >= 15 is 0 Å². The van der Waals surface area contributed by atoms with E-state index in [4.69, 9.17) is 10.00 Å². The van der Waals surface area contributed by atoms with Crippen molar-refractivity contribution in [2.75, 3.05) is 6.61 Å². The molecular weight excluding hydrogens is 240 g/mol. The van der Waals surface area contributed by atoms with Gasteiger partial charge in [-0.15, -0.1) is 0 Å². The highest BCUT2D eigenvalue weighted by Gasteiger charge is 2.23. The van der Waals surface area contributed by atoms with Crippen molar-refractivity contribution < 1.29 is 9.53 Å². The molecule has 1 aliphatic heterocycles. The maximum atomic E-state index is 11.9. The SMILES string of the molecule is CC(NC(=O)Cc1ccc(C#N)cc1)C1CCCO1. The Hall–Kier alpha value is -1.86. The molecule has 100 valence electrons. The van der Waals surface area contributed by atoms with Gasteiger partial charge in [0.15, 0.2) is 0 Å². The summed E-state index contributed by atoms with van der Waals surface area (Å²) in [4.78, 5) is 11.9. The molecule has 1 fully saturated rings. The number of carbonyl (C=O) groups excluding carboxylic acids is 1. The molecule has 2 rings (SSSR count). The third-order valence-corrected chi connectivity index (χ3v) is 3.36. The van der Waals surface area contributed by atoms with Crippen LogP contribution in [-0.4, -0.2) is 24.7 Å². The summed E-state index contributed by atoms with van der Waals surface area (Å²) in [6.07, 6.45) is 2.56. The molecule has 0 aliphatic carbocycles. The summed E-state index contributed by atoms with van der Waals surface area (Å²) in [6.45, 7) is 2.77. The number of amides is 1. The van der Waals surface area contributed by atoms with Crippen LogP contribution in [0.2, 0.25) is 0 Å². The molecule has 0 saturated carbocycles. The number of nitrogens with zero attached hydrogens (tertiary/aromatic N) is 1. The van der Waals surface area contributed by atoms with Gasteiger partial charge in [0.1, 0.15) is 0 Å². The number of carbonyl (C=O) groups is 1. The van der Waals surface area contributed by atoms with Gasteiger partial charge in [-0.3, -0.25) is 4.79 Å². The summed E-state index contributed by atoms with van der Waals surface area (Å²) in [5, 5.41) is 11.7. The molecule has 1 N–H and O–H groups in total. The standard InChI is InChI=1S/C15H18N2O2/c1-11(14-3-2-8-19-14)17-15(18)9-12-4-6-13(10-16)7-5-12/h4-7,11,14H,2-3,8-9H2,1H3,(H,17,18). The largest absolute Gasteiger partial charge is 0.376 e. The summed E-state index contributed by atoms with van der Waals surface area (Å²) in [5.41, 5.74) is 1.52. The maximum Gasteiger partial charge on any atom is 0.224 e. The third kappa shape index (κ3) is 3.80. The monoisotopic (exact) mass is 258 g/mol. The lowest BCUT2D eigenvalue weighted by Gasteiger charge is -2.19. The highest BCUT2D eigenvalue weighted by Crippen LogP contribution is 2.15. The van der Waals surface area contributed by atoms with Crippen molar-refractivity contribution in [3.05, 3.63) is 35.4 Å². The Bertz CT molecular complexity index is 470. The van der Waals surface area contributed by atoms with Crippen molar-refractivity contribution in [2.24, 2.45) is 0 Å². The van der Waals surface area contributed by atoms with Crippen molar-refractivity contribution in [1.29, 1.82) is 5.26 Å². The minimum absolute atomic E-state index is 0.00675. The van der Waals surface area contributed by atoms with E-state index in [-0.39, 0.29) is 18.1 Å². The summed E-state index contributed by atoms with van der Waals surface area (Å²) in [5.74, 6) is -0.00675. The number of hydrogen-bond donors (Lipinski definition) is 1. The lowest BCUT2D eigenvalue weighted by atomic mass is 10.1. The molecule has 0 bridgehead atoms. The van der Waals surface area contributed by atoms with E-state index in [0.29, 0.717) is 12.0 Å². The molecule has 1 saturated heterocycles. The van der Waals surface area contributed by atoms with Crippen molar-refractivity contribution in [1.82, 2.24) is 5.32 Å². The Morgan fingerprint density at radius 1 is 1.53 bits per heavy atom. The number of nitrogens with one attached hydrogen (secondary N) is 1. The molecule has 19 heavy (non-hydrogen) atoms. The Morgan fingerprint density at radius 2 is 2.26 bits per heavy atom. The second-order valence-electron chi connectivity index (χ2n) is 4.89. The van der Waals surface area contributed by atoms with Crippen LogP contribution in [0.25, 0.3) is 0 Å². The highest BCUT2D eigenvalue weighted by atomic mass is 16.5. The molecular formula is C15H18N2O2. The minimum Gasteiger partial charge on any atom is -0.376 e. The van der Waals surface area contributed by atoms with Gasteiger partial charge in [-0.05, 0) is 37.5 Å². The molecule has 4 nitrogen and oxygen atoms in total. The third-order valence-electron chi connectivity index (χ3n) is 3.36. The summed E-state index contributed by atoms with van der Waals surface area (Å²) in [7, 11) is 0. The normalized spacial score (nSPS) is 19.7. The van der Waals surface area contributed by atoms with Crippen LogP contribution in [0, 0.1) is 11.3 Å². The molecule has 2 atom stereocenters. The molecule has 0 spiro atoms. The lowest BCUT2D eigenvalue weighted by molar-refractivity contribution is -0.121. The predicted molar refractivity (Wildman–Crippen MR) is 71.4 cm³/mol. The molecule has 1 heterocycles. The maximum absolute atomic E-state index is 11.9. The van der Waals surface area contributed by atoms with Gasteiger partial charge in [0.25, 0.3) is 0 Å².